The van der Waals surface area contributed by atoms with Gasteiger partial charge in [-0.3, -0.25) is 14.5 Å². The molecule has 2 fully saturated rings. The fourth-order valence-corrected chi connectivity index (χ4v) is 2.62. The van der Waals surface area contributed by atoms with Gasteiger partial charge in [0.15, 0.2) is 0 Å². The van der Waals surface area contributed by atoms with Crippen LogP contribution in [0.1, 0.15) is 32.6 Å². The van der Waals surface area contributed by atoms with E-state index in [4.69, 9.17) is 0 Å². The van der Waals surface area contributed by atoms with Crippen molar-refractivity contribution in [1.29, 1.82) is 0 Å². The molecule has 16 heavy (non-hydrogen) atoms. The molecule has 0 aromatic carbocycles. The predicted molar refractivity (Wildman–Crippen MR) is 58.7 cm³/mol. The highest BCUT2D eigenvalue weighted by Gasteiger charge is 2.28. The Hall–Kier alpha value is -0.900. The molecule has 0 amide bonds. The molecular formula is C12H19NO3. The first-order chi connectivity index (χ1) is 7.63. The lowest BCUT2D eigenvalue weighted by atomic mass is 9.83. The lowest BCUT2D eigenvalue weighted by Crippen LogP contribution is -2.45. The molecule has 0 atom stereocenters. The van der Waals surface area contributed by atoms with Crippen molar-refractivity contribution in [2.24, 2.45) is 11.8 Å². The van der Waals surface area contributed by atoms with E-state index in [1.165, 1.54) is 25.7 Å². The normalized spacial score (nSPS) is 32.6. The number of carbonyl (C=O) groups excluding carboxylic acids is 2. The van der Waals surface area contributed by atoms with Gasteiger partial charge in [0.05, 0.1) is 13.1 Å². The minimum atomic E-state index is -0.402. The molecule has 1 saturated carbocycles. The number of nitrogens with zero attached hydrogens (tertiary/aromatic N) is 1. The largest absolute Gasteiger partial charge is 0.391 e. The first-order valence-corrected chi connectivity index (χ1v) is 6.09. The SMILES string of the molecule is CC1CCC(CN2CC(=O)OC(=O)C2)CC1. The third-order valence-electron chi connectivity index (χ3n) is 3.58. The van der Waals surface area contributed by atoms with Crippen LogP contribution in [0.3, 0.4) is 0 Å². The summed E-state index contributed by atoms with van der Waals surface area (Å²) in [6, 6.07) is 0. The smallest absolute Gasteiger partial charge is 0.327 e. The van der Waals surface area contributed by atoms with E-state index < -0.39 is 11.9 Å². The second kappa shape index (κ2) is 4.95. The lowest BCUT2D eigenvalue weighted by Gasteiger charge is -2.32. The molecule has 0 aromatic rings. The molecule has 0 N–H and O–H groups in total. The van der Waals surface area contributed by atoms with Crippen LogP contribution in [0.15, 0.2) is 0 Å². The minimum Gasteiger partial charge on any atom is -0.391 e. The molecule has 4 heteroatoms. The van der Waals surface area contributed by atoms with Crippen LogP contribution in [0, 0.1) is 11.8 Å². The number of ether oxygens (including phenoxy) is 1. The van der Waals surface area contributed by atoms with Crippen LogP contribution in [-0.2, 0) is 14.3 Å². The van der Waals surface area contributed by atoms with Gasteiger partial charge in [-0.1, -0.05) is 19.8 Å². The molecule has 0 spiro atoms. The Morgan fingerprint density at radius 2 is 1.69 bits per heavy atom. The molecule has 0 aromatic heterocycles. The Labute approximate surface area is 95.9 Å². The van der Waals surface area contributed by atoms with E-state index >= 15 is 0 Å². The molecule has 0 unspecified atom stereocenters. The lowest BCUT2D eigenvalue weighted by molar-refractivity contribution is -0.167. The summed E-state index contributed by atoms with van der Waals surface area (Å²) in [5, 5.41) is 0. The van der Waals surface area contributed by atoms with Gasteiger partial charge in [-0.2, -0.15) is 0 Å². The monoisotopic (exact) mass is 225 g/mol. The summed E-state index contributed by atoms with van der Waals surface area (Å²) in [6.07, 6.45) is 5.00. The maximum absolute atomic E-state index is 11.1. The Kier molecular flexibility index (Phi) is 3.59. The highest BCUT2D eigenvalue weighted by molar-refractivity contribution is 5.90. The van der Waals surface area contributed by atoms with Gasteiger partial charge >= 0.3 is 11.9 Å². The number of morpholine rings is 1. The van der Waals surface area contributed by atoms with E-state index in [-0.39, 0.29) is 13.1 Å². The fraction of sp³-hybridized carbons (Fsp3) is 0.833. The maximum atomic E-state index is 11.1. The fourth-order valence-electron chi connectivity index (χ4n) is 2.62. The standard InChI is InChI=1S/C12H19NO3/c1-9-2-4-10(5-3-9)6-13-7-11(14)16-12(15)8-13/h9-10H,2-8H2,1H3. The van der Waals surface area contributed by atoms with E-state index in [9.17, 15) is 9.59 Å². The van der Waals surface area contributed by atoms with Crippen molar-refractivity contribution in [2.75, 3.05) is 19.6 Å². The molecule has 4 nitrogen and oxygen atoms in total. The molecule has 0 bridgehead atoms. The van der Waals surface area contributed by atoms with Crippen LogP contribution < -0.4 is 0 Å². The zero-order chi connectivity index (χ0) is 11.5. The second-order valence-electron chi connectivity index (χ2n) is 5.14. The van der Waals surface area contributed by atoms with Crippen molar-refractivity contribution in [2.45, 2.75) is 32.6 Å². The number of carbonyl (C=O) groups is 2. The first kappa shape index (κ1) is 11.6. The summed E-state index contributed by atoms with van der Waals surface area (Å²) in [4.78, 5) is 24.1. The maximum Gasteiger partial charge on any atom is 0.327 e. The van der Waals surface area contributed by atoms with E-state index in [1.54, 1.807) is 0 Å². The van der Waals surface area contributed by atoms with Crippen LogP contribution in [0.25, 0.3) is 0 Å². The summed E-state index contributed by atoms with van der Waals surface area (Å²) in [5.74, 6) is 0.681. The number of hydrogen-bond donors (Lipinski definition) is 0. The molecule has 1 saturated heterocycles. The topological polar surface area (TPSA) is 46.6 Å². The average Bonchev–Trinajstić information content (AvgIpc) is 2.20. The number of hydrogen-bond acceptors (Lipinski definition) is 4. The van der Waals surface area contributed by atoms with Gasteiger partial charge in [-0.25, -0.2) is 0 Å². The molecule has 2 rings (SSSR count). The Balaban J connectivity index is 1.80. The molecule has 1 aliphatic carbocycles. The molecule has 0 radical (unpaired) electrons. The summed E-state index contributed by atoms with van der Waals surface area (Å²) in [5.41, 5.74) is 0. The Bertz CT molecular complexity index is 266. The molecule has 1 heterocycles. The summed E-state index contributed by atoms with van der Waals surface area (Å²) in [6.45, 7) is 3.71. The zero-order valence-electron chi connectivity index (χ0n) is 9.78. The van der Waals surface area contributed by atoms with Crippen LogP contribution in [0.4, 0.5) is 0 Å². The summed E-state index contributed by atoms with van der Waals surface area (Å²) < 4.78 is 4.50. The highest BCUT2D eigenvalue weighted by Crippen LogP contribution is 2.28. The number of cyclic esters (lactones) is 2. The second-order valence-corrected chi connectivity index (χ2v) is 5.14. The van der Waals surface area contributed by atoms with Crippen LogP contribution in [0.5, 0.6) is 0 Å². The van der Waals surface area contributed by atoms with Gasteiger partial charge in [0, 0.05) is 6.54 Å². The average molecular weight is 225 g/mol. The van der Waals surface area contributed by atoms with Crippen LogP contribution in [0.2, 0.25) is 0 Å². The predicted octanol–water partition coefficient (Wildman–Crippen LogP) is 1.20. The third kappa shape index (κ3) is 3.04. The van der Waals surface area contributed by atoms with Crippen LogP contribution in [-0.4, -0.2) is 36.5 Å². The first-order valence-electron chi connectivity index (χ1n) is 6.09. The Morgan fingerprint density at radius 1 is 1.12 bits per heavy atom. The van der Waals surface area contributed by atoms with Gasteiger partial charge < -0.3 is 4.74 Å². The quantitative estimate of drug-likeness (QED) is 0.523. The van der Waals surface area contributed by atoms with Gasteiger partial charge in [-0.15, -0.1) is 0 Å². The van der Waals surface area contributed by atoms with E-state index in [1.807, 2.05) is 4.90 Å². The van der Waals surface area contributed by atoms with Crippen molar-refractivity contribution in [3.63, 3.8) is 0 Å². The van der Waals surface area contributed by atoms with E-state index in [0.717, 1.165) is 12.5 Å². The minimum absolute atomic E-state index is 0.276. The molecule has 1 aliphatic heterocycles. The van der Waals surface area contributed by atoms with E-state index in [2.05, 4.69) is 11.7 Å². The molecule has 90 valence electrons. The number of rotatable bonds is 2. The third-order valence-corrected chi connectivity index (χ3v) is 3.58. The van der Waals surface area contributed by atoms with Crippen molar-refractivity contribution in [1.82, 2.24) is 4.90 Å². The number of esters is 2. The summed E-state index contributed by atoms with van der Waals surface area (Å²) >= 11 is 0. The summed E-state index contributed by atoms with van der Waals surface area (Å²) in [7, 11) is 0. The van der Waals surface area contributed by atoms with Gasteiger partial charge in [0.25, 0.3) is 0 Å². The Morgan fingerprint density at radius 3 is 2.25 bits per heavy atom. The molecular weight excluding hydrogens is 206 g/mol. The van der Waals surface area contributed by atoms with Crippen LogP contribution >= 0.6 is 0 Å². The zero-order valence-corrected chi connectivity index (χ0v) is 9.78. The van der Waals surface area contributed by atoms with Crippen molar-refractivity contribution < 1.29 is 14.3 Å². The van der Waals surface area contributed by atoms with Crippen molar-refractivity contribution in [3.05, 3.63) is 0 Å². The van der Waals surface area contributed by atoms with Gasteiger partial charge in [0.1, 0.15) is 0 Å². The van der Waals surface area contributed by atoms with Gasteiger partial charge in [-0.05, 0) is 24.7 Å². The van der Waals surface area contributed by atoms with Gasteiger partial charge in [0.2, 0.25) is 0 Å². The van der Waals surface area contributed by atoms with Crippen molar-refractivity contribution >= 4 is 11.9 Å². The highest BCUT2D eigenvalue weighted by atomic mass is 16.6. The van der Waals surface area contributed by atoms with E-state index in [0.29, 0.717) is 5.92 Å². The molecule has 2 aliphatic rings. The van der Waals surface area contributed by atoms with Crippen molar-refractivity contribution in [3.8, 4) is 0 Å².